The normalized spacial score (nSPS) is 16.5. The molecule has 1 amide bonds. The number of amides is 1. The van der Waals surface area contributed by atoms with Crippen LogP contribution < -0.4 is 5.32 Å². The number of tetrazole rings is 1. The molecule has 0 aliphatic carbocycles. The summed E-state index contributed by atoms with van der Waals surface area (Å²) in [4.78, 5) is 12.2. The van der Waals surface area contributed by atoms with Crippen LogP contribution in [0.3, 0.4) is 0 Å². The van der Waals surface area contributed by atoms with Crippen LogP contribution in [0.5, 0.6) is 0 Å². The number of carbonyl (C=O) groups excluding carboxylic acids is 1. The fourth-order valence-electron chi connectivity index (χ4n) is 3.02. The molecule has 1 aliphatic heterocycles. The summed E-state index contributed by atoms with van der Waals surface area (Å²) in [6.45, 7) is 1.36. The van der Waals surface area contributed by atoms with Gasteiger partial charge >= 0.3 is 0 Å². The van der Waals surface area contributed by atoms with Crippen LogP contribution in [0.4, 0.5) is 0 Å². The zero-order valence-corrected chi connectivity index (χ0v) is 14.2. The molecule has 1 saturated heterocycles. The molecule has 0 spiro atoms. The van der Waals surface area contributed by atoms with Gasteiger partial charge in [-0.2, -0.15) is 5.21 Å². The number of nitrogens with one attached hydrogen (secondary N) is 2. The molecule has 7 heteroatoms. The van der Waals surface area contributed by atoms with E-state index >= 15 is 0 Å². The van der Waals surface area contributed by atoms with Crippen molar-refractivity contribution in [3.05, 3.63) is 54.1 Å². The molecule has 1 aliphatic rings. The van der Waals surface area contributed by atoms with Gasteiger partial charge in [-0.15, -0.1) is 10.2 Å². The van der Waals surface area contributed by atoms with Gasteiger partial charge in [-0.1, -0.05) is 36.4 Å². The summed E-state index contributed by atoms with van der Waals surface area (Å²) >= 11 is 0. The number of aromatic nitrogens is 4. The highest BCUT2D eigenvalue weighted by atomic mass is 16.5. The molecule has 0 radical (unpaired) electrons. The van der Waals surface area contributed by atoms with Crippen molar-refractivity contribution in [3.63, 3.8) is 0 Å². The summed E-state index contributed by atoms with van der Waals surface area (Å²) in [5.41, 5.74) is 3.65. The summed E-state index contributed by atoms with van der Waals surface area (Å²) in [6.07, 6.45) is 2.23. The van der Waals surface area contributed by atoms with Crippen LogP contribution in [0.25, 0.3) is 22.5 Å². The van der Waals surface area contributed by atoms with Crippen molar-refractivity contribution in [1.29, 1.82) is 0 Å². The van der Waals surface area contributed by atoms with E-state index in [1.807, 2.05) is 48.5 Å². The number of carbonyl (C=O) groups is 1. The maximum Gasteiger partial charge on any atom is 0.251 e. The fraction of sp³-hybridized carbons (Fsp3) is 0.263. The Kier molecular flexibility index (Phi) is 4.70. The number of ether oxygens (including phenoxy) is 1. The first-order chi connectivity index (χ1) is 12.8. The third-order valence-electron chi connectivity index (χ3n) is 4.48. The van der Waals surface area contributed by atoms with Gasteiger partial charge < -0.3 is 10.1 Å². The molecule has 7 nitrogen and oxygen atoms in total. The van der Waals surface area contributed by atoms with E-state index in [1.54, 1.807) is 0 Å². The van der Waals surface area contributed by atoms with Crippen LogP contribution >= 0.6 is 0 Å². The standard InChI is InChI=1S/C19H19N5O2/c25-19(20-12-17-2-1-11-26-17)16-9-5-14(6-10-16)13-3-7-15(8-4-13)18-21-23-24-22-18/h3-10,17H,1-2,11-12H2,(H,20,25)(H,21,22,23,24)/t17-/m0/s1. The van der Waals surface area contributed by atoms with Crippen molar-refractivity contribution in [3.8, 4) is 22.5 Å². The van der Waals surface area contributed by atoms with Crippen molar-refractivity contribution < 1.29 is 9.53 Å². The van der Waals surface area contributed by atoms with Crippen LogP contribution in [0.1, 0.15) is 23.2 Å². The zero-order chi connectivity index (χ0) is 17.8. The molecule has 0 bridgehead atoms. The van der Waals surface area contributed by atoms with E-state index in [1.165, 1.54) is 0 Å². The summed E-state index contributed by atoms with van der Waals surface area (Å²) in [6, 6.07) is 15.5. The second-order valence-corrected chi connectivity index (χ2v) is 6.24. The number of H-pyrrole nitrogens is 1. The first-order valence-corrected chi connectivity index (χ1v) is 8.64. The monoisotopic (exact) mass is 349 g/mol. The van der Waals surface area contributed by atoms with Gasteiger partial charge in [-0.25, -0.2) is 0 Å². The number of hydrogen-bond acceptors (Lipinski definition) is 5. The first kappa shape index (κ1) is 16.4. The molecule has 1 fully saturated rings. The summed E-state index contributed by atoms with van der Waals surface area (Å²) < 4.78 is 5.52. The Morgan fingerprint density at radius 3 is 2.38 bits per heavy atom. The van der Waals surface area contributed by atoms with Gasteiger partial charge in [-0.3, -0.25) is 4.79 Å². The first-order valence-electron chi connectivity index (χ1n) is 8.64. The van der Waals surface area contributed by atoms with Gasteiger partial charge in [0.1, 0.15) is 0 Å². The molecule has 2 heterocycles. The third kappa shape index (κ3) is 3.62. The molecule has 2 aromatic carbocycles. The van der Waals surface area contributed by atoms with E-state index in [2.05, 4.69) is 25.9 Å². The molecule has 0 unspecified atom stereocenters. The van der Waals surface area contributed by atoms with Crippen molar-refractivity contribution in [2.45, 2.75) is 18.9 Å². The molecule has 3 aromatic rings. The largest absolute Gasteiger partial charge is 0.376 e. The fourth-order valence-corrected chi connectivity index (χ4v) is 3.02. The number of hydrogen-bond donors (Lipinski definition) is 2. The van der Waals surface area contributed by atoms with Gasteiger partial charge in [0.2, 0.25) is 5.82 Å². The summed E-state index contributed by atoms with van der Waals surface area (Å²) in [5.74, 6) is 0.495. The predicted octanol–water partition coefficient (Wildman–Crippen LogP) is 2.44. The number of benzene rings is 2. The Bertz CT molecular complexity index is 854. The molecule has 0 saturated carbocycles. The van der Waals surface area contributed by atoms with Crippen LogP contribution in [0.15, 0.2) is 48.5 Å². The Morgan fingerprint density at radius 2 is 1.77 bits per heavy atom. The maximum atomic E-state index is 12.2. The van der Waals surface area contributed by atoms with E-state index in [0.717, 1.165) is 36.1 Å². The smallest absolute Gasteiger partial charge is 0.251 e. The minimum atomic E-state index is -0.0699. The Labute approximate surface area is 150 Å². The highest BCUT2D eigenvalue weighted by Gasteiger charge is 2.16. The van der Waals surface area contributed by atoms with Crippen LogP contribution in [0.2, 0.25) is 0 Å². The molecule has 1 aromatic heterocycles. The summed E-state index contributed by atoms with van der Waals surface area (Å²) in [7, 11) is 0. The van der Waals surface area contributed by atoms with Gasteiger partial charge in [0.25, 0.3) is 5.91 Å². The second kappa shape index (κ2) is 7.45. The zero-order valence-electron chi connectivity index (χ0n) is 14.2. The molecule has 4 rings (SSSR count). The number of aromatic amines is 1. The van der Waals surface area contributed by atoms with Gasteiger partial charge in [0.05, 0.1) is 6.10 Å². The van der Waals surface area contributed by atoms with Crippen LogP contribution in [-0.2, 0) is 4.74 Å². The highest BCUT2D eigenvalue weighted by molar-refractivity contribution is 5.94. The average Bonchev–Trinajstić information content (AvgIpc) is 3.40. The average molecular weight is 349 g/mol. The molecular formula is C19H19N5O2. The molecule has 2 N–H and O–H groups in total. The van der Waals surface area contributed by atoms with Crippen LogP contribution in [0, 0.1) is 0 Å². The predicted molar refractivity (Wildman–Crippen MR) is 96.4 cm³/mol. The SMILES string of the molecule is O=C(NC[C@@H]1CCCO1)c1ccc(-c2ccc(-c3nn[nH]n3)cc2)cc1. The molecule has 26 heavy (non-hydrogen) atoms. The van der Waals surface area contributed by atoms with Gasteiger partial charge in [0, 0.05) is 24.3 Å². The lowest BCUT2D eigenvalue weighted by Gasteiger charge is -2.11. The van der Waals surface area contributed by atoms with Crippen molar-refractivity contribution in [1.82, 2.24) is 25.9 Å². The minimum Gasteiger partial charge on any atom is -0.376 e. The van der Waals surface area contributed by atoms with E-state index < -0.39 is 0 Å². The Morgan fingerprint density at radius 1 is 1.08 bits per heavy atom. The Balaban J connectivity index is 1.41. The van der Waals surface area contributed by atoms with Crippen molar-refractivity contribution in [2.75, 3.05) is 13.2 Å². The maximum absolute atomic E-state index is 12.2. The molecule has 1 atom stereocenters. The van der Waals surface area contributed by atoms with E-state index in [0.29, 0.717) is 17.9 Å². The van der Waals surface area contributed by atoms with E-state index in [9.17, 15) is 4.79 Å². The summed E-state index contributed by atoms with van der Waals surface area (Å²) in [5, 5.41) is 16.9. The van der Waals surface area contributed by atoms with Crippen molar-refractivity contribution in [2.24, 2.45) is 0 Å². The quantitative estimate of drug-likeness (QED) is 0.738. The molecule has 132 valence electrons. The van der Waals surface area contributed by atoms with E-state index in [-0.39, 0.29) is 12.0 Å². The lowest BCUT2D eigenvalue weighted by atomic mass is 10.0. The molecular weight excluding hydrogens is 330 g/mol. The second-order valence-electron chi connectivity index (χ2n) is 6.24. The topological polar surface area (TPSA) is 92.8 Å². The number of rotatable bonds is 5. The number of nitrogens with zero attached hydrogens (tertiary/aromatic N) is 3. The Hall–Kier alpha value is -3.06. The van der Waals surface area contributed by atoms with Crippen LogP contribution in [-0.4, -0.2) is 45.8 Å². The highest BCUT2D eigenvalue weighted by Crippen LogP contribution is 2.23. The van der Waals surface area contributed by atoms with Gasteiger partial charge in [-0.05, 0) is 41.3 Å². The minimum absolute atomic E-state index is 0.0699. The lowest BCUT2D eigenvalue weighted by Crippen LogP contribution is -2.31. The van der Waals surface area contributed by atoms with E-state index in [4.69, 9.17) is 4.74 Å². The lowest BCUT2D eigenvalue weighted by molar-refractivity contribution is 0.0858. The third-order valence-corrected chi connectivity index (χ3v) is 4.48. The van der Waals surface area contributed by atoms with Gasteiger partial charge in [0.15, 0.2) is 0 Å². The van der Waals surface area contributed by atoms with Crippen molar-refractivity contribution >= 4 is 5.91 Å².